The summed E-state index contributed by atoms with van der Waals surface area (Å²) in [4.78, 5) is 0. The van der Waals surface area contributed by atoms with E-state index in [0.717, 1.165) is 28.7 Å². The van der Waals surface area contributed by atoms with E-state index >= 15 is 0 Å². The molecule has 0 aliphatic carbocycles. The van der Waals surface area contributed by atoms with Crippen LogP contribution < -0.4 is 5.32 Å². The van der Waals surface area contributed by atoms with Crippen LogP contribution in [0.2, 0.25) is 0 Å². The van der Waals surface area contributed by atoms with Gasteiger partial charge in [0.2, 0.25) is 0 Å². The predicted molar refractivity (Wildman–Crippen MR) is 73.3 cm³/mol. The molecular formula is C15H18FNO. The Kier molecular flexibility index (Phi) is 4.15. The van der Waals surface area contributed by atoms with Crippen LogP contribution in [0.1, 0.15) is 18.9 Å². The van der Waals surface area contributed by atoms with Gasteiger partial charge in [0.15, 0.2) is 0 Å². The molecule has 0 radical (unpaired) electrons. The summed E-state index contributed by atoms with van der Waals surface area (Å²) in [6.45, 7) is 6.54. The third-order valence-corrected chi connectivity index (χ3v) is 3.10. The summed E-state index contributed by atoms with van der Waals surface area (Å²) >= 11 is 0. The van der Waals surface area contributed by atoms with Crippen molar-refractivity contribution in [2.45, 2.75) is 19.4 Å². The van der Waals surface area contributed by atoms with Crippen LogP contribution in [0.5, 0.6) is 0 Å². The molecule has 0 aliphatic rings. The minimum atomic E-state index is -0.348. The minimum absolute atomic E-state index is 0.0209. The molecule has 0 amide bonds. The monoisotopic (exact) mass is 247 g/mol. The molecule has 1 aromatic carbocycles. The second-order valence-corrected chi connectivity index (χ2v) is 4.29. The Balaban J connectivity index is 2.24. The molecule has 2 rings (SSSR count). The van der Waals surface area contributed by atoms with Crippen molar-refractivity contribution in [2.75, 3.05) is 13.2 Å². The van der Waals surface area contributed by atoms with Crippen molar-refractivity contribution in [1.82, 2.24) is 5.32 Å². The van der Waals surface area contributed by atoms with Crippen LogP contribution in [0.25, 0.3) is 16.5 Å². The van der Waals surface area contributed by atoms with Gasteiger partial charge in [-0.25, -0.2) is 0 Å². The number of fused-ring (bicyclic) bond motifs is 1. The standard InChI is InChI=1S/C15H18FNO/c1-3-17-14(6-8-16)11(2)13-5-4-12-7-9-18-15(12)10-13/h4-5,7,9-10,14,17H,2-3,6,8H2,1H3. The predicted octanol–water partition coefficient (Wildman–Crippen LogP) is 3.78. The van der Waals surface area contributed by atoms with E-state index in [0.29, 0.717) is 6.42 Å². The second-order valence-electron chi connectivity index (χ2n) is 4.29. The van der Waals surface area contributed by atoms with Gasteiger partial charge in [0.25, 0.3) is 0 Å². The normalized spacial score (nSPS) is 12.8. The Labute approximate surface area is 106 Å². The van der Waals surface area contributed by atoms with Gasteiger partial charge in [-0.15, -0.1) is 0 Å². The Bertz CT molecular complexity index is 526. The highest BCUT2D eigenvalue weighted by Crippen LogP contribution is 2.24. The summed E-state index contributed by atoms with van der Waals surface area (Å²) in [5, 5.41) is 4.32. The van der Waals surface area contributed by atoms with Gasteiger partial charge in [-0.05, 0) is 36.2 Å². The van der Waals surface area contributed by atoms with Gasteiger partial charge < -0.3 is 9.73 Å². The van der Waals surface area contributed by atoms with Crippen molar-refractivity contribution in [3.8, 4) is 0 Å². The van der Waals surface area contributed by atoms with Crippen LogP contribution in [-0.2, 0) is 0 Å². The maximum absolute atomic E-state index is 12.5. The summed E-state index contributed by atoms with van der Waals surface area (Å²) in [6.07, 6.45) is 2.11. The quantitative estimate of drug-likeness (QED) is 0.840. The molecular weight excluding hydrogens is 229 g/mol. The van der Waals surface area contributed by atoms with Crippen molar-refractivity contribution in [3.63, 3.8) is 0 Å². The first-order valence-electron chi connectivity index (χ1n) is 6.22. The molecule has 1 atom stereocenters. The second kappa shape index (κ2) is 5.83. The van der Waals surface area contributed by atoms with E-state index in [1.54, 1.807) is 6.26 Å². The fourth-order valence-corrected chi connectivity index (χ4v) is 2.11. The van der Waals surface area contributed by atoms with Gasteiger partial charge in [0, 0.05) is 11.4 Å². The Morgan fingerprint density at radius 2 is 2.28 bits per heavy atom. The van der Waals surface area contributed by atoms with Crippen molar-refractivity contribution in [3.05, 3.63) is 42.7 Å². The summed E-state index contributed by atoms with van der Waals surface area (Å²) in [5.41, 5.74) is 2.74. The van der Waals surface area contributed by atoms with E-state index < -0.39 is 0 Å². The lowest BCUT2D eigenvalue weighted by Crippen LogP contribution is -2.30. The van der Waals surface area contributed by atoms with E-state index in [-0.39, 0.29) is 12.7 Å². The first-order chi connectivity index (χ1) is 8.76. The lowest BCUT2D eigenvalue weighted by molar-refractivity contribution is 0.436. The molecule has 1 aromatic heterocycles. The summed E-state index contributed by atoms with van der Waals surface area (Å²) < 4.78 is 17.9. The zero-order valence-corrected chi connectivity index (χ0v) is 10.6. The molecule has 2 aromatic rings. The topological polar surface area (TPSA) is 25.2 Å². The largest absolute Gasteiger partial charge is 0.464 e. The van der Waals surface area contributed by atoms with Crippen molar-refractivity contribution in [2.24, 2.45) is 0 Å². The zero-order chi connectivity index (χ0) is 13.0. The zero-order valence-electron chi connectivity index (χ0n) is 10.6. The first kappa shape index (κ1) is 12.8. The Morgan fingerprint density at radius 1 is 1.44 bits per heavy atom. The molecule has 1 N–H and O–H groups in total. The van der Waals surface area contributed by atoms with E-state index in [9.17, 15) is 4.39 Å². The van der Waals surface area contributed by atoms with Crippen LogP contribution in [0.4, 0.5) is 4.39 Å². The molecule has 3 heteroatoms. The number of likely N-dealkylation sites (N-methyl/N-ethyl adjacent to an activating group) is 1. The number of hydrogen-bond acceptors (Lipinski definition) is 2. The molecule has 1 heterocycles. The molecule has 0 bridgehead atoms. The van der Waals surface area contributed by atoms with Crippen LogP contribution in [0.15, 0.2) is 41.5 Å². The molecule has 1 unspecified atom stereocenters. The van der Waals surface area contributed by atoms with E-state index in [4.69, 9.17) is 4.42 Å². The number of furan rings is 1. The highest BCUT2D eigenvalue weighted by atomic mass is 19.1. The summed E-state index contributed by atoms with van der Waals surface area (Å²) in [7, 11) is 0. The van der Waals surface area contributed by atoms with Crippen molar-refractivity contribution >= 4 is 16.5 Å². The molecule has 0 saturated heterocycles. The first-order valence-corrected chi connectivity index (χ1v) is 6.22. The molecule has 0 spiro atoms. The van der Waals surface area contributed by atoms with E-state index in [2.05, 4.69) is 11.9 Å². The number of hydrogen-bond donors (Lipinski definition) is 1. The molecule has 0 fully saturated rings. The number of alkyl halides is 1. The Hall–Kier alpha value is -1.61. The smallest absolute Gasteiger partial charge is 0.134 e. The molecule has 96 valence electrons. The highest BCUT2D eigenvalue weighted by Gasteiger charge is 2.13. The number of halogens is 1. The van der Waals surface area contributed by atoms with Gasteiger partial charge >= 0.3 is 0 Å². The van der Waals surface area contributed by atoms with Crippen LogP contribution in [0.3, 0.4) is 0 Å². The van der Waals surface area contributed by atoms with Crippen LogP contribution >= 0.6 is 0 Å². The van der Waals surface area contributed by atoms with Crippen molar-refractivity contribution in [1.29, 1.82) is 0 Å². The van der Waals surface area contributed by atoms with Gasteiger partial charge in [-0.1, -0.05) is 25.6 Å². The summed E-state index contributed by atoms with van der Waals surface area (Å²) in [6, 6.07) is 7.86. The van der Waals surface area contributed by atoms with Gasteiger partial charge in [0.1, 0.15) is 5.58 Å². The highest BCUT2D eigenvalue weighted by molar-refractivity contribution is 5.82. The lowest BCUT2D eigenvalue weighted by atomic mass is 9.97. The van der Waals surface area contributed by atoms with E-state index in [1.165, 1.54) is 0 Å². The lowest BCUT2D eigenvalue weighted by Gasteiger charge is -2.19. The number of benzene rings is 1. The third kappa shape index (κ3) is 2.62. The average molecular weight is 247 g/mol. The number of rotatable bonds is 6. The molecule has 0 aliphatic heterocycles. The SMILES string of the molecule is C=C(c1ccc2ccoc2c1)C(CCF)NCC. The third-order valence-electron chi connectivity index (χ3n) is 3.10. The fraction of sp³-hybridized carbons (Fsp3) is 0.333. The maximum Gasteiger partial charge on any atom is 0.134 e. The Morgan fingerprint density at radius 3 is 3.00 bits per heavy atom. The molecule has 2 nitrogen and oxygen atoms in total. The van der Waals surface area contributed by atoms with Gasteiger partial charge in [0.05, 0.1) is 12.9 Å². The fourth-order valence-electron chi connectivity index (χ4n) is 2.11. The maximum atomic E-state index is 12.5. The molecule has 0 saturated carbocycles. The van der Waals surface area contributed by atoms with Crippen LogP contribution in [0, 0.1) is 0 Å². The van der Waals surface area contributed by atoms with Gasteiger partial charge in [-0.2, -0.15) is 0 Å². The average Bonchev–Trinajstić information content (AvgIpc) is 2.84. The van der Waals surface area contributed by atoms with E-state index in [1.807, 2.05) is 31.2 Å². The minimum Gasteiger partial charge on any atom is -0.464 e. The van der Waals surface area contributed by atoms with Crippen molar-refractivity contribution < 1.29 is 8.81 Å². The van der Waals surface area contributed by atoms with Crippen LogP contribution in [-0.4, -0.2) is 19.3 Å². The number of nitrogens with one attached hydrogen (secondary N) is 1. The van der Waals surface area contributed by atoms with Gasteiger partial charge in [-0.3, -0.25) is 4.39 Å². The molecule has 18 heavy (non-hydrogen) atoms. The summed E-state index contributed by atoms with van der Waals surface area (Å²) in [5.74, 6) is 0.